The molecule has 2 aromatic rings. The third-order valence-electron chi connectivity index (χ3n) is 4.03. The second kappa shape index (κ2) is 8.94. The van der Waals surface area contributed by atoms with Crippen LogP contribution in [0.3, 0.4) is 0 Å². The average molecular weight is 475 g/mol. The summed E-state index contributed by atoms with van der Waals surface area (Å²) in [4.78, 5) is 17.1. The van der Waals surface area contributed by atoms with E-state index >= 15 is 0 Å². The molecule has 7 heteroatoms. The number of rotatable bonds is 6. The molecule has 1 amide bonds. The Labute approximate surface area is 183 Å². The fraction of sp³-hybridized carbons (Fsp3) is 0.143. The van der Waals surface area contributed by atoms with Crippen LogP contribution in [-0.4, -0.2) is 30.9 Å². The number of anilines is 2. The number of halogens is 1. The molecule has 0 aromatic heterocycles. The Kier molecular flexibility index (Phi) is 6.59. The minimum absolute atomic E-state index is 0.137. The van der Waals surface area contributed by atoms with Crippen molar-refractivity contribution < 1.29 is 9.53 Å². The van der Waals surface area contributed by atoms with Crippen LogP contribution >= 0.6 is 39.9 Å². The number of hydrogen-bond donors (Lipinski definition) is 0. The van der Waals surface area contributed by atoms with Crippen molar-refractivity contribution in [2.24, 2.45) is 0 Å². The molecule has 3 rings (SSSR count). The van der Waals surface area contributed by atoms with E-state index in [9.17, 15) is 4.79 Å². The molecular formula is C21H19BrN2O2S2. The maximum Gasteiger partial charge on any atom is 0.270 e. The number of nitrogens with zero attached hydrogens (tertiary/aromatic N) is 2. The van der Waals surface area contributed by atoms with Crippen molar-refractivity contribution in [3.05, 3.63) is 70.1 Å². The van der Waals surface area contributed by atoms with E-state index in [0.717, 1.165) is 21.4 Å². The third kappa shape index (κ3) is 4.48. The van der Waals surface area contributed by atoms with Gasteiger partial charge in [-0.2, -0.15) is 0 Å². The summed E-state index contributed by atoms with van der Waals surface area (Å²) in [6, 6.07) is 13.4. The highest BCUT2D eigenvalue weighted by atomic mass is 79.9. The number of ether oxygens (including phenoxy) is 1. The van der Waals surface area contributed by atoms with E-state index in [0.29, 0.717) is 21.6 Å². The highest BCUT2D eigenvalue weighted by Gasteiger charge is 2.33. The molecule has 1 heterocycles. The quantitative estimate of drug-likeness (QED) is 0.314. The van der Waals surface area contributed by atoms with Crippen LogP contribution in [0.5, 0.6) is 5.75 Å². The van der Waals surface area contributed by atoms with Gasteiger partial charge in [-0.15, -0.1) is 0 Å². The summed E-state index contributed by atoms with van der Waals surface area (Å²) in [6.07, 6.45) is 3.50. The molecule has 0 aliphatic carbocycles. The Bertz CT molecular complexity index is 955. The lowest BCUT2D eigenvalue weighted by atomic mass is 10.2. The number of thiocarbonyl (C=S) groups is 1. The molecular weight excluding hydrogens is 456 g/mol. The fourth-order valence-electron chi connectivity index (χ4n) is 2.64. The van der Waals surface area contributed by atoms with Crippen LogP contribution in [0.25, 0.3) is 6.08 Å². The van der Waals surface area contributed by atoms with Gasteiger partial charge in [0.2, 0.25) is 0 Å². The van der Waals surface area contributed by atoms with Gasteiger partial charge in [0.05, 0.1) is 10.6 Å². The highest BCUT2D eigenvalue weighted by Crippen LogP contribution is 2.38. The molecule has 144 valence electrons. The largest absolute Gasteiger partial charge is 0.489 e. The Morgan fingerprint density at radius 1 is 1.25 bits per heavy atom. The first-order chi connectivity index (χ1) is 13.4. The molecule has 4 nitrogen and oxygen atoms in total. The first kappa shape index (κ1) is 20.6. The maximum atomic E-state index is 13.0. The van der Waals surface area contributed by atoms with Gasteiger partial charge in [-0.25, -0.2) is 0 Å². The third-order valence-corrected chi connectivity index (χ3v) is 5.83. The van der Waals surface area contributed by atoms with Gasteiger partial charge in [0, 0.05) is 29.8 Å². The Balaban J connectivity index is 1.91. The average Bonchev–Trinajstić information content (AvgIpc) is 2.94. The van der Waals surface area contributed by atoms with Crippen LogP contribution in [0.4, 0.5) is 11.4 Å². The van der Waals surface area contributed by atoms with Gasteiger partial charge in [0.15, 0.2) is 4.32 Å². The molecule has 0 unspecified atom stereocenters. The second-order valence-electron chi connectivity index (χ2n) is 6.21. The minimum atomic E-state index is -0.137. The first-order valence-corrected chi connectivity index (χ1v) is 10.5. The van der Waals surface area contributed by atoms with E-state index in [4.69, 9.17) is 17.0 Å². The number of thioether (sulfide) groups is 1. The van der Waals surface area contributed by atoms with E-state index in [1.54, 1.807) is 11.0 Å². The minimum Gasteiger partial charge on any atom is -0.489 e. The summed E-state index contributed by atoms with van der Waals surface area (Å²) in [5.74, 6) is 0.547. The molecule has 1 aliphatic rings. The monoisotopic (exact) mass is 474 g/mol. The molecule has 1 aliphatic heterocycles. The zero-order chi connectivity index (χ0) is 20.3. The smallest absolute Gasteiger partial charge is 0.270 e. The molecule has 2 aromatic carbocycles. The highest BCUT2D eigenvalue weighted by molar-refractivity contribution is 9.10. The lowest BCUT2D eigenvalue weighted by Gasteiger charge is -2.17. The number of amides is 1. The van der Waals surface area contributed by atoms with Gasteiger partial charge in [-0.1, -0.05) is 52.6 Å². The van der Waals surface area contributed by atoms with E-state index in [1.807, 2.05) is 67.5 Å². The Morgan fingerprint density at radius 2 is 1.96 bits per heavy atom. The fourth-order valence-corrected chi connectivity index (χ4v) is 4.31. The van der Waals surface area contributed by atoms with Crippen LogP contribution in [-0.2, 0) is 4.79 Å². The number of hydrogen-bond acceptors (Lipinski definition) is 5. The van der Waals surface area contributed by atoms with Gasteiger partial charge in [-0.3, -0.25) is 9.69 Å². The number of carbonyl (C=O) groups is 1. The maximum absolute atomic E-state index is 13.0. The molecule has 1 fully saturated rings. The van der Waals surface area contributed by atoms with E-state index in [1.165, 1.54) is 11.8 Å². The summed E-state index contributed by atoms with van der Waals surface area (Å²) in [6.45, 7) is 4.06. The molecule has 0 spiro atoms. The van der Waals surface area contributed by atoms with Crippen LogP contribution < -0.4 is 14.5 Å². The van der Waals surface area contributed by atoms with Crippen molar-refractivity contribution in [2.45, 2.75) is 0 Å². The zero-order valence-electron chi connectivity index (χ0n) is 15.5. The molecule has 1 saturated heterocycles. The van der Waals surface area contributed by atoms with E-state index in [2.05, 4.69) is 22.5 Å². The Hall–Kier alpha value is -2.09. The van der Waals surface area contributed by atoms with Crippen molar-refractivity contribution in [1.29, 1.82) is 0 Å². The number of benzene rings is 2. The van der Waals surface area contributed by atoms with Gasteiger partial charge in [0.1, 0.15) is 12.4 Å². The van der Waals surface area contributed by atoms with Crippen molar-refractivity contribution >= 4 is 67.6 Å². The van der Waals surface area contributed by atoms with E-state index in [-0.39, 0.29) is 5.91 Å². The summed E-state index contributed by atoms with van der Waals surface area (Å²) >= 11 is 10.2. The molecule has 28 heavy (non-hydrogen) atoms. The van der Waals surface area contributed by atoms with Gasteiger partial charge < -0.3 is 9.64 Å². The van der Waals surface area contributed by atoms with Gasteiger partial charge in [-0.05, 0) is 48.5 Å². The number of carbonyl (C=O) groups excluding carboxylic acids is 1. The van der Waals surface area contributed by atoms with Gasteiger partial charge in [0.25, 0.3) is 5.91 Å². The Morgan fingerprint density at radius 3 is 2.61 bits per heavy atom. The molecule has 0 atom stereocenters. The summed E-state index contributed by atoms with van der Waals surface area (Å²) in [7, 11) is 3.95. The lowest BCUT2D eigenvalue weighted by Crippen LogP contribution is -2.27. The van der Waals surface area contributed by atoms with Crippen LogP contribution in [0.2, 0.25) is 0 Å². The van der Waals surface area contributed by atoms with Crippen molar-refractivity contribution in [3.63, 3.8) is 0 Å². The van der Waals surface area contributed by atoms with Gasteiger partial charge >= 0.3 is 0 Å². The molecule has 0 saturated carbocycles. The molecule has 0 N–H and O–H groups in total. The summed E-state index contributed by atoms with van der Waals surface area (Å²) in [5.41, 5.74) is 2.62. The molecule has 0 radical (unpaired) electrons. The van der Waals surface area contributed by atoms with Crippen LogP contribution in [0.15, 0.2) is 64.5 Å². The van der Waals surface area contributed by atoms with E-state index < -0.39 is 0 Å². The van der Waals surface area contributed by atoms with Crippen molar-refractivity contribution in [3.8, 4) is 5.75 Å². The zero-order valence-corrected chi connectivity index (χ0v) is 18.7. The van der Waals surface area contributed by atoms with Crippen molar-refractivity contribution in [2.75, 3.05) is 30.5 Å². The first-order valence-electron chi connectivity index (χ1n) is 8.49. The van der Waals surface area contributed by atoms with Crippen molar-refractivity contribution in [1.82, 2.24) is 0 Å². The lowest BCUT2D eigenvalue weighted by molar-refractivity contribution is -0.113. The predicted octanol–water partition coefficient (Wildman–Crippen LogP) is 5.49. The SMILES string of the molecule is C=CCOc1ccc(Br)cc1/C=C1/SC(=S)N(c2ccc(N(C)C)cc2)C1=O. The predicted molar refractivity (Wildman–Crippen MR) is 126 cm³/mol. The molecule has 0 bridgehead atoms. The topological polar surface area (TPSA) is 32.8 Å². The standard InChI is InChI=1S/C21H19BrN2O2S2/c1-4-11-26-18-10-5-15(22)12-14(18)13-19-20(25)24(21(27)28-19)17-8-6-16(7-9-17)23(2)3/h4-10,12-13H,1,11H2,2-3H3/b19-13+. The second-order valence-corrected chi connectivity index (χ2v) is 8.80. The van der Waals surface area contributed by atoms with Crippen LogP contribution in [0, 0.1) is 0 Å². The normalized spacial score (nSPS) is 15.2. The van der Waals surface area contributed by atoms with Crippen LogP contribution in [0.1, 0.15) is 5.56 Å². The summed E-state index contributed by atoms with van der Waals surface area (Å²) in [5, 5.41) is 0. The summed E-state index contributed by atoms with van der Waals surface area (Å²) < 4.78 is 7.12.